The maximum absolute atomic E-state index is 5.78. The summed E-state index contributed by atoms with van der Waals surface area (Å²) < 4.78 is 17.3. The van der Waals surface area contributed by atoms with E-state index in [0.717, 1.165) is 23.2 Å². The molecule has 19 heavy (non-hydrogen) atoms. The van der Waals surface area contributed by atoms with Crippen molar-refractivity contribution in [3.8, 4) is 5.75 Å². The molecule has 0 saturated heterocycles. The molecule has 0 saturated carbocycles. The molecule has 1 aromatic carbocycles. The Morgan fingerprint density at radius 2 is 1.89 bits per heavy atom. The van der Waals surface area contributed by atoms with Gasteiger partial charge in [-0.1, -0.05) is 29.8 Å². The minimum Gasteiger partial charge on any atom is -0.491 e. The largest absolute Gasteiger partial charge is 0.491 e. The average molecular weight is 331 g/mol. The van der Waals surface area contributed by atoms with E-state index < -0.39 is 0 Å². The van der Waals surface area contributed by atoms with Gasteiger partial charge in [0.2, 0.25) is 0 Å². The fourth-order valence-corrected chi connectivity index (χ4v) is 2.10. The Balaban J connectivity index is 2.33. The van der Waals surface area contributed by atoms with Gasteiger partial charge < -0.3 is 14.2 Å². The van der Waals surface area contributed by atoms with E-state index in [1.807, 2.05) is 12.1 Å². The van der Waals surface area contributed by atoms with Crippen LogP contribution in [0.1, 0.15) is 31.7 Å². The molecule has 0 N–H and O–H groups in total. The van der Waals surface area contributed by atoms with Crippen molar-refractivity contribution < 1.29 is 14.2 Å². The maximum atomic E-state index is 5.78. The second-order valence-corrected chi connectivity index (χ2v) is 5.56. The quantitative estimate of drug-likeness (QED) is 0.640. The molecule has 0 atom stereocenters. The standard InChI is InChI=1S/C15H23BrO3/c1-12(2)14-11-13(16)5-6-15(14)19-10-9-18-8-4-7-17-3/h5-6,11-12H,4,7-10H2,1-3H3. The van der Waals surface area contributed by atoms with E-state index in [2.05, 4.69) is 35.8 Å². The van der Waals surface area contributed by atoms with Gasteiger partial charge >= 0.3 is 0 Å². The van der Waals surface area contributed by atoms with Crippen molar-refractivity contribution >= 4 is 15.9 Å². The molecule has 0 radical (unpaired) electrons. The van der Waals surface area contributed by atoms with E-state index in [1.54, 1.807) is 7.11 Å². The highest BCUT2D eigenvalue weighted by atomic mass is 79.9. The summed E-state index contributed by atoms with van der Waals surface area (Å²) in [7, 11) is 1.70. The minimum atomic E-state index is 0.440. The predicted octanol–water partition coefficient (Wildman–Crippen LogP) is 4.00. The highest BCUT2D eigenvalue weighted by molar-refractivity contribution is 9.10. The normalized spacial score (nSPS) is 11.0. The van der Waals surface area contributed by atoms with Crippen molar-refractivity contribution in [1.29, 1.82) is 0 Å². The second-order valence-electron chi connectivity index (χ2n) is 4.64. The predicted molar refractivity (Wildman–Crippen MR) is 81.0 cm³/mol. The summed E-state index contributed by atoms with van der Waals surface area (Å²) in [5, 5.41) is 0. The van der Waals surface area contributed by atoms with Crippen LogP contribution in [0.25, 0.3) is 0 Å². The Labute approximate surface area is 124 Å². The Morgan fingerprint density at radius 1 is 1.11 bits per heavy atom. The van der Waals surface area contributed by atoms with Gasteiger partial charge in [-0.05, 0) is 36.1 Å². The lowest BCUT2D eigenvalue weighted by Crippen LogP contribution is -2.09. The van der Waals surface area contributed by atoms with Gasteiger partial charge in [0.25, 0.3) is 0 Å². The van der Waals surface area contributed by atoms with E-state index >= 15 is 0 Å². The molecule has 1 aromatic rings. The van der Waals surface area contributed by atoms with Crippen LogP contribution in [0.2, 0.25) is 0 Å². The fraction of sp³-hybridized carbons (Fsp3) is 0.600. The van der Waals surface area contributed by atoms with Crippen molar-refractivity contribution in [2.75, 3.05) is 33.5 Å². The van der Waals surface area contributed by atoms with Crippen LogP contribution >= 0.6 is 15.9 Å². The molecule has 0 aromatic heterocycles. The van der Waals surface area contributed by atoms with Gasteiger partial charge in [0.1, 0.15) is 12.4 Å². The van der Waals surface area contributed by atoms with E-state index in [9.17, 15) is 0 Å². The summed E-state index contributed by atoms with van der Waals surface area (Å²) in [6, 6.07) is 6.12. The number of methoxy groups -OCH3 is 1. The van der Waals surface area contributed by atoms with Gasteiger partial charge in [-0.3, -0.25) is 0 Å². The molecule has 108 valence electrons. The Kier molecular flexibility index (Phi) is 8.10. The zero-order valence-corrected chi connectivity index (χ0v) is 13.5. The summed E-state index contributed by atoms with van der Waals surface area (Å²) in [4.78, 5) is 0. The van der Waals surface area contributed by atoms with Crippen LogP contribution in [0.4, 0.5) is 0 Å². The molecular formula is C15H23BrO3. The number of ether oxygens (including phenoxy) is 3. The van der Waals surface area contributed by atoms with E-state index in [1.165, 1.54) is 5.56 Å². The first kappa shape index (κ1) is 16.5. The number of halogens is 1. The van der Waals surface area contributed by atoms with Crippen molar-refractivity contribution in [3.63, 3.8) is 0 Å². The zero-order valence-electron chi connectivity index (χ0n) is 11.9. The molecule has 0 heterocycles. The molecule has 0 bridgehead atoms. The minimum absolute atomic E-state index is 0.440. The van der Waals surface area contributed by atoms with Crippen LogP contribution < -0.4 is 4.74 Å². The van der Waals surface area contributed by atoms with E-state index in [-0.39, 0.29) is 0 Å². The summed E-state index contributed by atoms with van der Waals surface area (Å²) >= 11 is 3.49. The smallest absolute Gasteiger partial charge is 0.122 e. The van der Waals surface area contributed by atoms with Crippen LogP contribution in [0.3, 0.4) is 0 Å². The molecule has 0 amide bonds. The molecule has 0 aliphatic heterocycles. The number of hydrogen-bond donors (Lipinski definition) is 0. The summed E-state index contributed by atoms with van der Waals surface area (Å²) in [5.41, 5.74) is 1.22. The summed E-state index contributed by atoms with van der Waals surface area (Å²) in [5.74, 6) is 1.38. The second kappa shape index (κ2) is 9.34. The van der Waals surface area contributed by atoms with Gasteiger partial charge in [0.05, 0.1) is 6.61 Å². The van der Waals surface area contributed by atoms with Crippen molar-refractivity contribution in [3.05, 3.63) is 28.2 Å². The molecule has 3 nitrogen and oxygen atoms in total. The van der Waals surface area contributed by atoms with Gasteiger partial charge in [-0.2, -0.15) is 0 Å². The maximum Gasteiger partial charge on any atom is 0.122 e. The lowest BCUT2D eigenvalue weighted by atomic mass is 10.0. The van der Waals surface area contributed by atoms with Gasteiger partial charge in [0.15, 0.2) is 0 Å². The molecule has 0 spiro atoms. The molecule has 1 rings (SSSR count). The molecule has 4 heteroatoms. The Bertz CT molecular complexity index is 366. The zero-order chi connectivity index (χ0) is 14.1. The van der Waals surface area contributed by atoms with Crippen LogP contribution in [0.15, 0.2) is 22.7 Å². The lowest BCUT2D eigenvalue weighted by molar-refractivity contribution is 0.0803. The van der Waals surface area contributed by atoms with Crippen LogP contribution in [0.5, 0.6) is 5.75 Å². The third-order valence-corrected chi connectivity index (χ3v) is 3.21. The van der Waals surface area contributed by atoms with Crippen molar-refractivity contribution in [2.45, 2.75) is 26.2 Å². The van der Waals surface area contributed by atoms with E-state index in [0.29, 0.717) is 25.7 Å². The van der Waals surface area contributed by atoms with Gasteiger partial charge in [0, 0.05) is 24.8 Å². The first-order valence-electron chi connectivity index (χ1n) is 6.64. The first-order valence-corrected chi connectivity index (χ1v) is 7.43. The van der Waals surface area contributed by atoms with Crippen LogP contribution in [-0.4, -0.2) is 33.5 Å². The Morgan fingerprint density at radius 3 is 2.58 bits per heavy atom. The molecular weight excluding hydrogens is 308 g/mol. The third kappa shape index (κ3) is 6.41. The van der Waals surface area contributed by atoms with Crippen LogP contribution in [0, 0.1) is 0 Å². The number of rotatable bonds is 9. The summed E-state index contributed by atoms with van der Waals surface area (Å²) in [6.07, 6.45) is 0.923. The monoisotopic (exact) mass is 330 g/mol. The van der Waals surface area contributed by atoms with E-state index in [4.69, 9.17) is 14.2 Å². The molecule has 0 unspecified atom stereocenters. The SMILES string of the molecule is COCCCOCCOc1ccc(Br)cc1C(C)C. The van der Waals surface area contributed by atoms with Crippen molar-refractivity contribution in [2.24, 2.45) is 0 Å². The molecule has 0 aliphatic rings. The topological polar surface area (TPSA) is 27.7 Å². The van der Waals surface area contributed by atoms with Crippen LogP contribution in [-0.2, 0) is 9.47 Å². The Hall–Kier alpha value is -0.580. The highest BCUT2D eigenvalue weighted by Crippen LogP contribution is 2.29. The first-order chi connectivity index (χ1) is 9.15. The van der Waals surface area contributed by atoms with Gasteiger partial charge in [-0.15, -0.1) is 0 Å². The summed E-state index contributed by atoms with van der Waals surface area (Å²) in [6.45, 7) is 6.97. The average Bonchev–Trinajstić information content (AvgIpc) is 2.39. The van der Waals surface area contributed by atoms with Gasteiger partial charge in [-0.25, -0.2) is 0 Å². The number of hydrogen-bond acceptors (Lipinski definition) is 3. The lowest BCUT2D eigenvalue weighted by Gasteiger charge is -2.14. The molecule has 0 aliphatic carbocycles. The fourth-order valence-electron chi connectivity index (χ4n) is 1.72. The third-order valence-electron chi connectivity index (χ3n) is 2.72. The number of benzene rings is 1. The molecule has 0 fully saturated rings. The van der Waals surface area contributed by atoms with Crippen molar-refractivity contribution in [1.82, 2.24) is 0 Å². The highest BCUT2D eigenvalue weighted by Gasteiger charge is 2.08.